The van der Waals surface area contributed by atoms with Gasteiger partial charge in [-0.15, -0.1) is 9.94 Å². The molecular weight excluding hydrogens is 154 g/mol. The van der Waals surface area contributed by atoms with Crippen LogP contribution in [0.15, 0.2) is 18.5 Å². The molecule has 4 heteroatoms. The predicted octanol–water partition coefficient (Wildman–Crippen LogP) is 0.0637. The van der Waals surface area contributed by atoms with Crippen LogP contribution in [-0.2, 0) is 0 Å². The summed E-state index contributed by atoms with van der Waals surface area (Å²) in [6.07, 6.45) is 6.01. The van der Waals surface area contributed by atoms with Crippen LogP contribution in [0.4, 0.5) is 0 Å². The zero-order valence-electron chi connectivity index (χ0n) is 6.94. The Hall–Kier alpha value is -1.03. The largest absolute Gasteiger partial charge is 0.393 e. The van der Waals surface area contributed by atoms with Crippen LogP contribution in [0.1, 0.15) is 12.8 Å². The molecule has 1 N–H and O–H groups in total. The number of hydrogen-bond acceptors (Lipinski definition) is 3. The first-order chi connectivity index (χ1) is 5.95. The Balaban J connectivity index is 1.86. The van der Waals surface area contributed by atoms with Crippen LogP contribution in [0.3, 0.4) is 0 Å². The second kappa shape index (κ2) is 3.58. The molecule has 4 nitrogen and oxygen atoms in total. The highest BCUT2D eigenvalue weighted by Gasteiger charge is 2.14. The Morgan fingerprint density at radius 1 is 1.42 bits per heavy atom. The fraction of sp³-hybridized carbons (Fsp3) is 0.625. The van der Waals surface area contributed by atoms with Crippen LogP contribution in [0.25, 0.3) is 0 Å². The Morgan fingerprint density at radius 3 is 2.92 bits per heavy atom. The van der Waals surface area contributed by atoms with E-state index in [1.807, 2.05) is 12.3 Å². The average Bonchev–Trinajstić information content (AvgIpc) is 2.59. The minimum Gasteiger partial charge on any atom is -0.393 e. The van der Waals surface area contributed by atoms with E-state index < -0.39 is 0 Å². The van der Waals surface area contributed by atoms with Gasteiger partial charge in [-0.25, -0.2) is 0 Å². The standard InChI is InChI=1S/C8H13N3O/c1-4-10-11(7-1)12-8-2-5-9-6-3-8/h1,4,7-9H,2-3,5-6H2. The molecule has 0 amide bonds. The van der Waals surface area contributed by atoms with Crippen molar-refractivity contribution >= 4 is 0 Å². The van der Waals surface area contributed by atoms with Crippen molar-refractivity contribution in [1.82, 2.24) is 15.3 Å². The van der Waals surface area contributed by atoms with E-state index >= 15 is 0 Å². The molecule has 0 aliphatic carbocycles. The number of hydrogen-bond donors (Lipinski definition) is 1. The summed E-state index contributed by atoms with van der Waals surface area (Å²) in [5.41, 5.74) is 0. The van der Waals surface area contributed by atoms with Gasteiger partial charge in [0, 0.05) is 0 Å². The lowest BCUT2D eigenvalue weighted by Gasteiger charge is -2.22. The summed E-state index contributed by atoms with van der Waals surface area (Å²) >= 11 is 0. The van der Waals surface area contributed by atoms with Gasteiger partial charge in [-0.1, -0.05) is 0 Å². The number of nitrogens with zero attached hydrogens (tertiary/aromatic N) is 2. The third kappa shape index (κ3) is 1.76. The third-order valence-corrected chi connectivity index (χ3v) is 2.02. The highest BCUT2D eigenvalue weighted by Crippen LogP contribution is 2.03. The Morgan fingerprint density at radius 2 is 2.25 bits per heavy atom. The molecule has 0 bridgehead atoms. The quantitative estimate of drug-likeness (QED) is 0.677. The van der Waals surface area contributed by atoms with Crippen molar-refractivity contribution in [1.29, 1.82) is 0 Å². The maximum Gasteiger partial charge on any atom is 0.129 e. The van der Waals surface area contributed by atoms with E-state index in [2.05, 4.69) is 10.4 Å². The molecular formula is C8H13N3O. The van der Waals surface area contributed by atoms with E-state index in [0.29, 0.717) is 6.10 Å². The monoisotopic (exact) mass is 167 g/mol. The molecule has 1 aromatic rings. The molecule has 12 heavy (non-hydrogen) atoms. The van der Waals surface area contributed by atoms with Crippen molar-refractivity contribution in [2.24, 2.45) is 0 Å². The van der Waals surface area contributed by atoms with E-state index in [-0.39, 0.29) is 0 Å². The van der Waals surface area contributed by atoms with Crippen molar-refractivity contribution in [2.45, 2.75) is 18.9 Å². The molecule has 0 atom stereocenters. The molecule has 0 saturated carbocycles. The van der Waals surface area contributed by atoms with Crippen LogP contribution < -0.4 is 10.2 Å². The number of aromatic nitrogens is 2. The van der Waals surface area contributed by atoms with E-state index in [1.165, 1.54) is 4.85 Å². The zero-order valence-corrected chi connectivity index (χ0v) is 6.94. The van der Waals surface area contributed by atoms with Crippen LogP contribution in [0, 0.1) is 0 Å². The number of rotatable bonds is 2. The van der Waals surface area contributed by atoms with E-state index in [9.17, 15) is 0 Å². The van der Waals surface area contributed by atoms with Crippen molar-refractivity contribution in [3.05, 3.63) is 18.5 Å². The summed E-state index contributed by atoms with van der Waals surface area (Å²) in [6.45, 7) is 2.10. The van der Waals surface area contributed by atoms with Gasteiger partial charge in [-0.2, -0.15) is 0 Å². The minimum absolute atomic E-state index is 0.325. The fourth-order valence-corrected chi connectivity index (χ4v) is 1.37. The molecule has 1 aliphatic heterocycles. The van der Waals surface area contributed by atoms with Crippen molar-refractivity contribution in [2.75, 3.05) is 13.1 Å². The Labute approximate surface area is 71.5 Å². The molecule has 66 valence electrons. The number of piperidine rings is 1. The smallest absolute Gasteiger partial charge is 0.129 e. The normalized spacial score (nSPS) is 19.3. The van der Waals surface area contributed by atoms with Gasteiger partial charge in [0.25, 0.3) is 0 Å². The molecule has 0 unspecified atom stereocenters. The molecule has 2 rings (SSSR count). The van der Waals surface area contributed by atoms with Crippen LogP contribution in [-0.4, -0.2) is 29.1 Å². The van der Waals surface area contributed by atoms with Gasteiger partial charge in [0.05, 0.1) is 12.4 Å². The van der Waals surface area contributed by atoms with Crippen LogP contribution in [0.5, 0.6) is 0 Å². The minimum atomic E-state index is 0.325. The van der Waals surface area contributed by atoms with Gasteiger partial charge < -0.3 is 10.2 Å². The molecule has 1 aromatic heterocycles. The summed E-state index contributed by atoms with van der Waals surface area (Å²) in [6, 6.07) is 1.86. The van der Waals surface area contributed by atoms with Gasteiger partial charge in [0.1, 0.15) is 6.10 Å². The summed E-state index contributed by atoms with van der Waals surface area (Å²) in [4.78, 5) is 7.10. The summed E-state index contributed by atoms with van der Waals surface area (Å²) in [7, 11) is 0. The first kappa shape index (κ1) is 7.61. The third-order valence-electron chi connectivity index (χ3n) is 2.02. The first-order valence-corrected chi connectivity index (χ1v) is 4.32. The van der Waals surface area contributed by atoms with Gasteiger partial charge >= 0.3 is 0 Å². The second-order valence-corrected chi connectivity index (χ2v) is 2.96. The molecule has 0 spiro atoms. The predicted molar refractivity (Wildman–Crippen MR) is 44.7 cm³/mol. The van der Waals surface area contributed by atoms with Crippen molar-refractivity contribution < 1.29 is 4.84 Å². The average molecular weight is 167 g/mol. The van der Waals surface area contributed by atoms with Gasteiger partial charge in [-0.05, 0) is 32.0 Å². The van der Waals surface area contributed by atoms with E-state index in [1.54, 1.807) is 6.20 Å². The Kier molecular flexibility index (Phi) is 2.27. The highest BCUT2D eigenvalue weighted by molar-refractivity contribution is 4.76. The molecule has 1 saturated heterocycles. The first-order valence-electron chi connectivity index (χ1n) is 4.32. The number of nitrogens with one attached hydrogen (secondary N) is 1. The lowest BCUT2D eigenvalue weighted by atomic mass is 10.1. The Bertz CT molecular complexity index is 216. The molecule has 1 aliphatic rings. The molecule has 0 radical (unpaired) electrons. The topological polar surface area (TPSA) is 39.1 Å². The molecule has 2 heterocycles. The molecule has 1 fully saturated rings. The van der Waals surface area contributed by atoms with E-state index in [0.717, 1.165) is 25.9 Å². The van der Waals surface area contributed by atoms with E-state index in [4.69, 9.17) is 4.84 Å². The maximum atomic E-state index is 5.56. The van der Waals surface area contributed by atoms with Crippen molar-refractivity contribution in [3.63, 3.8) is 0 Å². The lowest BCUT2D eigenvalue weighted by Crippen LogP contribution is -2.37. The molecule has 0 aromatic carbocycles. The van der Waals surface area contributed by atoms with Gasteiger partial charge in [0.2, 0.25) is 0 Å². The SMILES string of the molecule is c1cnn(OC2CCNCC2)c1. The maximum absolute atomic E-state index is 5.56. The lowest BCUT2D eigenvalue weighted by molar-refractivity contribution is -0.000682. The van der Waals surface area contributed by atoms with Gasteiger partial charge in [-0.3, -0.25) is 0 Å². The van der Waals surface area contributed by atoms with Gasteiger partial charge in [0.15, 0.2) is 0 Å². The second-order valence-electron chi connectivity index (χ2n) is 2.96. The summed E-state index contributed by atoms with van der Waals surface area (Å²) in [5, 5.41) is 7.27. The highest BCUT2D eigenvalue weighted by atomic mass is 16.7. The van der Waals surface area contributed by atoms with Crippen LogP contribution in [0.2, 0.25) is 0 Å². The fourth-order valence-electron chi connectivity index (χ4n) is 1.37. The van der Waals surface area contributed by atoms with Crippen LogP contribution >= 0.6 is 0 Å². The summed E-state index contributed by atoms with van der Waals surface area (Å²) < 4.78 is 0. The van der Waals surface area contributed by atoms with Crippen molar-refractivity contribution in [3.8, 4) is 0 Å². The summed E-state index contributed by atoms with van der Waals surface area (Å²) in [5.74, 6) is 0. The zero-order chi connectivity index (χ0) is 8.23.